The highest BCUT2D eigenvalue weighted by Gasteiger charge is 2.34. The van der Waals surface area contributed by atoms with Gasteiger partial charge in [-0.15, -0.1) is 0 Å². The molecule has 0 aliphatic carbocycles. The third-order valence-corrected chi connectivity index (χ3v) is 4.89. The predicted octanol–water partition coefficient (Wildman–Crippen LogP) is 3.27. The number of carbonyl (C=O) groups excluding carboxylic acids is 1. The normalized spacial score (nSPS) is 17.1. The minimum absolute atomic E-state index is 0.130. The van der Waals surface area contributed by atoms with Crippen molar-refractivity contribution in [3.05, 3.63) is 65.5 Å². The Morgan fingerprint density at radius 2 is 1.63 bits per heavy atom. The van der Waals surface area contributed by atoms with Crippen LogP contribution in [0.3, 0.4) is 0 Å². The van der Waals surface area contributed by atoms with Crippen LogP contribution < -0.4 is 4.74 Å². The molecule has 1 aliphatic heterocycles. The standard InChI is InChI=1S/C19H20FN3O3S/c1-26-16-9-5-14(6-10-16)12-23-18(27-2)21-17(24)22(19(23)25)11-13-3-7-15(20)8-4-13/h3-10,19,25H,11-12H2,1-2H3. The van der Waals surface area contributed by atoms with Crippen molar-refractivity contribution in [3.63, 3.8) is 0 Å². The van der Waals surface area contributed by atoms with Crippen LogP contribution in [0.25, 0.3) is 0 Å². The fourth-order valence-corrected chi connectivity index (χ4v) is 3.31. The number of amides is 2. The first-order valence-corrected chi connectivity index (χ1v) is 9.49. The fourth-order valence-electron chi connectivity index (χ4n) is 2.75. The number of hydrogen-bond acceptors (Lipinski definition) is 5. The van der Waals surface area contributed by atoms with Crippen molar-refractivity contribution < 1.29 is 19.0 Å². The maximum absolute atomic E-state index is 13.1. The number of thioether (sulfide) groups is 1. The van der Waals surface area contributed by atoms with E-state index in [0.717, 1.165) is 11.3 Å². The minimum Gasteiger partial charge on any atom is -0.497 e. The molecule has 1 unspecified atom stereocenters. The van der Waals surface area contributed by atoms with E-state index in [2.05, 4.69) is 4.99 Å². The molecular formula is C19H20FN3O3S. The number of halogens is 1. The topological polar surface area (TPSA) is 65.4 Å². The molecule has 0 saturated heterocycles. The number of aliphatic hydroxyl groups excluding tert-OH is 1. The lowest BCUT2D eigenvalue weighted by Gasteiger charge is -2.39. The summed E-state index contributed by atoms with van der Waals surface area (Å²) in [6.45, 7) is 0.503. The van der Waals surface area contributed by atoms with Gasteiger partial charge in [0.1, 0.15) is 11.6 Å². The van der Waals surface area contributed by atoms with Crippen LogP contribution in [0.5, 0.6) is 5.75 Å². The van der Waals surface area contributed by atoms with Gasteiger partial charge in [0, 0.05) is 6.54 Å². The maximum Gasteiger partial charge on any atom is 0.349 e. The zero-order valence-electron chi connectivity index (χ0n) is 15.0. The van der Waals surface area contributed by atoms with Crippen molar-refractivity contribution in [2.45, 2.75) is 19.4 Å². The highest BCUT2D eigenvalue weighted by molar-refractivity contribution is 8.13. The van der Waals surface area contributed by atoms with Gasteiger partial charge in [-0.3, -0.25) is 4.90 Å². The Morgan fingerprint density at radius 3 is 2.19 bits per heavy atom. The third-order valence-electron chi connectivity index (χ3n) is 4.20. The fraction of sp³-hybridized carbons (Fsp3) is 0.263. The van der Waals surface area contributed by atoms with Gasteiger partial charge in [0.15, 0.2) is 5.17 Å². The SMILES string of the molecule is COc1ccc(CN2C(SC)=NC(=O)N(Cc3ccc(F)cc3)C2O)cc1. The number of amidine groups is 1. The molecule has 1 aliphatic rings. The van der Waals surface area contributed by atoms with Gasteiger partial charge in [-0.1, -0.05) is 36.0 Å². The second-order valence-corrected chi connectivity index (χ2v) is 6.73. The molecule has 142 valence electrons. The summed E-state index contributed by atoms with van der Waals surface area (Å²) in [7, 11) is 1.60. The first-order valence-electron chi connectivity index (χ1n) is 8.27. The van der Waals surface area contributed by atoms with Gasteiger partial charge in [0.05, 0.1) is 13.7 Å². The molecule has 0 saturated carbocycles. The molecule has 0 fully saturated rings. The Morgan fingerprint density at radius 1 is 1.07 bits per heavy atom. The lowest BCUT2D eigenvalue weighted by atomic mass is 10.2. The predicted molar refractivity (Wildman–Crippen MR) is 103 cm³/mol. The van der Waals surface area contributed by atoms with Gasteiger partial charge >= 0.3 is 6.03 Å². The average molecular weight is 389 g/mol. The van der Waals surface area contributed by atoms with Gasteiger partial charge in [0.25, 0.3) is 0 Å². The molecule has 2 aromatic carbocycles. The molecule has 1 heterocycles. The Balaban J connectivity index is 1.81. The average Bonchev–Trinajstić information content (AvgIpc) is 2.69. The molecule has 3 rings (SSSR count). The molecule has 27 heavy (non-hydrogen) atoms. The molecule has 1 N–H and O–H groups in total. The molecule has 6 nitrogen and oxygen atoms in total. The number of ether oxygens (including phenoxy) is 1. The summed E-state index contributed by atoms with van der Waals surface area (Å²) in [4.78, 5) is 19.4. The van der Waals surface area contributed by atoms with E-state index in [9.17, 15) is 14.3 Å². The van der Waals surface area contributed by atoms with Crippen molar-refractivity contribution >= 4 is 23.0 Å². The van der Waals surface area contributed by atoms with Crippen molar-refractivity contribution in [1.29, 1.82) is 0 Å². The summed E-state index contributed by atoms with van der Waals surface area (Å²) >= 11 is 1.29. The van der Waals surface area contributed by atoms with Crippen LogP contribution in [-0.4, -0.2) is 45.8 Å². The molecule has 0 spiro atoms. The Labute approximate surface area is 161 Å². The second-order valence-electron chi connectivity index (χ2n) is 5.96. The Kier molecular flexibility index (Phi) is 5.98. The van der Waals surface area contributed by atoms with E-state index in [-0.39, 0.29) is 12.4 Å². The van der Waals surface area contributed by atoms with Crippen molar-refractivity contribution in [2.75, 3.05) is 13.4 Å². The number of carbonyl (C=O) groups is 1. The second kappa shape index (κ2) is 8.41. The lowest BCUT2D eigenvalue weighted by Crippen LogP contribution is -2.54. The summed E-state index contributed by atoms with van der Waals surface area (Å²) in [6.07, 6.45) is 0.625. The van der Waals surface area contributed by atoms with E-state index in [0.29, 0.717) is 17.3 Å². The highest BCUT2D eigenvalue weighted by Crippen LogP contribution is 2.24. The first kappa shape index (κ1) is 19.2. The van der Waals surface area contributed by atoms with Crippen molar-refractivity contribution in [3.8, 4) is 5.75 Å². The first-order chi connectivity index (χ1) is 13.0. The number of aliphatic hydroxyl groups is 1. The number of hydrogen-bond donors (Lipinski definition) is 1. The monoisotopic (exact) mass is 389 g/mol. The summed E-state index contributed by atoms with van der Waals surface area (Å²) in [5.41, 5.74) is 1.64. The summed E-state index contributed by atoms with van der Waals surface area (Å²) in [5.74, 6) is 0.387. The van der Waals surface area contributed by atoms with Gasteiger partial charge < -0.3 is 14.7 Å². The number of rotatable bonds is 5. The molecule has 0 aromatic heterocycles. The molecule has 2 amide bonds. The van der Waals surface area contributed by atoms with Gasteiger partial charge in [-0.25, -0.2) is 9.18 Å². The van der Waals surface area contributed by atoms with E-state index < -0.39 is 12.4 Å². The molecule has 0 radical (unpaired) electrons. The zero-order chi connectivity index (χ0) is 19.4. The van der Waals surface area contributed by atoms with E-state index in [1.807, 2.05) is 24.3 Å². The van der Waals surface area contributed by atoms with E-state index in [4.69, 9.17) is 4.74 Å². The van der Waals surface area contributed by atoms with Crippen LogP contribution in [0.15, 0.2) is 53.5 Å². The quantitative estimate of drug-likeness (QED) is 0.850. The number of benzene rings is 2. The van der Waals surface area contributed by atoms with E-state index >= 15 is 0 Å². The Hall–Kier alpha value is -2.58. The molecule has 1 atom stereocenters. The summed E-state index contributed by atoms with van der Waals surface area (Å²) in [5, 5.41) is 11.3. The van der Waals surface area contributed by atoms with Crippen LogP contribution in [0.4, 0.5) is 9.18 Å². The van der Waals surface area contributed by atoms with Crippen LogP contribution in [-0.2, 0) is 13.1 Å². The number of methoxy groups -OCH3 is 1. The van der Waals surface area contributed by atoms with Gasteiger partial charge in [-0.05, 0) is 41.6 Å². The zero-order valence-corrected chi connectivity index (χ0v) is 15.8. The molecule has 2 aromatic rings. The Bertz CT molecular complexity index is 827. The third kappa shape index (κ3) is 4.40. The minimum atomic E-state index is -1.18. The molecule has 8 heteroatoms. The summed E-state index contributed by atoms with van der Waals surface area (Å²) < 4.78 is 18.3. The lowest BCUT2D eigenvalue weighted by molar-refractivity contribution is -0.0653. The molecule has 0 bridgehead atoms. The molecular weight excluding hydrogens is 369 g/mol. The van der Waals surface area contributed by atoms with Crippen LogP contribution in [0.2, 0.25) is 0 Å². The van der Waals surface area contributed by atoms with Crippen LogP contribution in [0.1, 0.15) is 11.1 Å². The number of nitrogens with zero attached hydrogens (tertiary/aromatic N) is 3. The highest BCUT2D eigenvalue weighted by atomic mass is 32.2. The maximum atomic E-state index is 13.1. The smallest absolute Gasteiger partial charge is 0.349 e. The van der Waals surface area contributed by atoms with Gasteiger partial charge in [-0.2, -0.15) is 4.99 Å². The van der Waals surface area contributed by atoms with E-state index in [1.54, 1.807) is 30.4 Å². The van der Waals surface area contributed by atoms with Crippen molar-refractivity contribution in [2.24, 2.45) is 4.99 Å². The van der Waals surface area contributed by atoms with Crippen molar-refractivity contribution in [1.82, 2.24) is 9.80 Å². The summed E-state index contributed by atoms with van der Waals surface area (Å²) in [6, 6.07) is 12.7. The van der Waals surface area contributed by atoms with Gasteiger partial charge in [0.2, 0.25) is 6.35 Å². The van der Waals surface area contributed by atoms with E-state index in [1.165, 1.54) is 28.8 Å². The largest absolute Gasteiger partial charge is 0.497 e. The number of urea groups is 1. The van der Waals surface area contributed by atoms with Crippen LogP contribution in [0, 0.1) is 5.82 Å². The number of aliphatic imine (C=N–C) groups is 1. The van der Waals surface area contributed by atoms with Crippen LogP contribution >= 0.6 is 11.8 Å².